The minimum Gasteiger partial charge on any atom is -0.390 e. The predicted molar refractivity (Wildman–Crippen MR) is 168 cm³/mol. The van der Waals surface area contributed by atoms with E-state index in [1.54, 1.807) is 35.2 Å². The third kappa shape index (κ3) is 8.74. The number of nitrogens with one attached hydrogen (secondary N) is 2. The van der Waals surface area contributed by atoms with E-state index >= 15 is 0 Å². The first-order valence-corrected chi connectivity index (χ1v) is 17.8. The van der Waals surface area contributed by atoms with Crippen LogP contribution in [0.2, 0.25) is 0 Å². The molecule has 236 valence electrons. The number of sulfone groups is 1. The minimum absolute atomic E-state index is 0.101. The van der Waals surface area contributed by atoms with Crippen LogP contribution in [-0.4, -0.2) is 65.0 Å². The van der Waals surface area contributed by atoms with Crippen molar-refractivity contribution in [3.63, 3.8) is 0 Å². The Labute approximate surface area is 259 Å². The molecule has 43 heavy (non-hydrogen) atoms. The molecule has 2 amide bonds. The lowest BCUT2D eigenvalue weighted by atomic mass is 9.82. The molecule has 1 heterocycles. The smallest absolute Gasteiger partial charge is 0.243 e. The second-order valence-electron chi connectivity index (χ2n) is 12.5. The molecule has 2 aromatic rings. The zero-order chi connectivity index (χ0) is 31.1. The van der Waals surface area contributed by atoms with Gasteiger partial charge in [0.05, 0.1) is 34.5 Å². The van der Waals surface area contributed by atoms with Crippen LogP contribution in [-0.2, 0) is 25.8 Å². The highest BCUT2D eigenvalue weighted by molar-refractivity contribution is 7.95. The van der Waals surface area contributed by atoms with Gasteiger partial charge in [0.1, 0.15) is 12.1 Å². The van der Waals surface area contributed by atoms with Gasteiger partial charge in [-0.15, -0.1) is 11.3 Å². The lowest BCUT2D eigenvalue weighted by Gasteiger charge is -2.33. The zero-order valence-electron chi connectivity index (χ0n) is 25.0. The van der Waals surface area contributed by atoms with Crippen LogP contribution in [0.1, 0.15) is 76.0 Å². The van der Waals surface area contributed by atoms with Crippen LogP contribution in [0.15, 0.2) is 53.2 Å². The molecule has 0 spiro atoms. The molecule has 4 rings (SSSR count). The van der Waals surface area contributed by atoms with Crippen LogP contribution in [0, 0.1) is 17.8 Å². The third-order valence-electron chi connectivity index (χ3n) is 8.74. The number of carbonyl (C=O) groups is 2. The number of rotatable bonds is 15. The molecule has 2 fully saturated rings. The van der Waals surface area contributed by atoms with E-state index in [1.165, 1.54) is 17.8 Å². The summed E-state index contributed by atoms with van der Waals surface area (Å²) in [6.45, 7) is 7.37. The molecule has 0 radical (unpaired) electrons. The van der Waals surface area contributed by atoms with Crippen LogP contribution in [0.5, 0.6) is 0 Å². The fourth-order valence-corrected chi connectivity index (χ4v) is 8.59. The standard InChI is InChI=1S/C32H45N3O6S2/c1-4-43(40,41)30-27(22-13-9-6-10-14-22)28(30)32(39)35-25(17-23-18-42-19-33-23)31(38)34-24(16-21-11-7-5-8-12-21)29(37)26(36)15-20(2)3/h4,6,9-10,13-14,18-21,24-30,36-37H,1,5,7-8,11-12,15-17H2,2-3H3,(H,34,38)(H,35,39)/t24-,25-,26-,27+,28+,29+,30+/m0/s1. The highest BCUT2D eigenvalue weighted by Crippen LogP contribution is 2.53. The van der Waals surface area contributed by atoms with E-state index in [0.29, 0.717) is 24.5 Å². The Bertz CT molecular complexity index is 1310. The van der Waals surface area contributed by atoms with Gasteiger partial charge in [0.2, 0.25) is 11.8 Å². The summed E-state index contributed by atoms with van der Waals surface area (Å²) in [6.07, 6.45) is 4.19. The fourth-order valence-electron chi connectivity index (χ4n) is 6.45. The highest BCUT2D eigenvalue weighted by atomic mass is 32.2. The first kappa shape index (κ1) is 33.3. The van der Waals surface area contributed by atoms with Crippen LogP contribution >= 0.6 is 11.3 Å². The molecule has 11 heteroatoms. The van der Waals surface area contributed by atoms with Crippen LogP contribution < -0.4 is 10.6 Å². The quantitative estimate of drug-likeness (QED) is 0.234. The van der Waals surface area contributed by atoms with Crippen molar-refractivity contribution in [1.82, 2.24) is 15.6 Å². The average molecular weight is 632 g/mol. The Hall–Kier alpha value is -2.60. The summed E-state index contributed by atoms with van der Waals surface area (Å²) in [5, 5.41) is 29.5. The lowest BCUT2D eigenvalue weighted by Crippen LogP contribution is -2.56. The summed E-state index contributed by atoms with van der Waals surface area (Å²) in [6, 6.07) is 7.25. The van der Waals surface area contributed by atoms with Gasteiger partial charge in [-0.1, -0.05) is 82.9 Å². The summed E-state index contributed by atoms with van der Waals surface area (Å²) >= 11 is 1.37. The monoisotopic (exact) mass is 631 g/mol. The fraction of sp³-hybridized carbons (Fsp3) is 0.594. The van der Waals surface area contributed by atoms with Gasteiger partial charge in [-0.3, -0.25) is 9.59 Å². The molecule has 1 aromatic carbocycles. The van der Waals surface area contributed by atoms with Crippen molar-refractivity contribution >= 4 is 33.0 Å². The lowest BCUT2D eigenvalue weighted by molar-refractivity contribution is -0.131. The molecule has 9 nitrogen and oxygen atoms in total. The second-order valence-corrected chi connectivity index (χ2v) is 15.2. The summed E-state index contributed by atoms with van der Waals surface area (Å²) in [7, 11) is -3.76. The molecule has 0 bridgehead atoms. The van der Waals surface area contributed by atoms with Crippen molar-refractivity contribution in [2.24, 2.45) is 17.8 Å². The van der Waals surface area contributed by atoms with Gasteiger partial charge in [-0.05, 0) is 30.2 Å². The maximum absolute atomic E-state index is 13.9. The topological polar surface area (TPSA) is 146 Å². The van der Waals surface area contributed by atoms with Gasteiger partial charge >= 0.3 is 0 Å². The number of nitrogens with zero attached hydrogens (tertiary/aromatic N) is 1. The first-order chi connectivity index (χ1) is 20.5. The van der Waals surface area contributed by atoms with Crippen molar-refractivity contribution in [2.45, 2.75) is 101 Å². The number of aliphatic hydroxyl groups excluding tert-OH is 2. The Kier molecular flexibility index (Phi) is 11.6. The molecule has 0 aliphatic heterocycles. The van der Waals surface area contributed by atoms with Crippen molar-refractivity contribution in [2.75, 3.05) is 0 Å². The largest absolute Gasteiger partial charge is 0.390 e. The number of thiazole rings is 1. The maximum atomic E-state index is 13.9. The molecular formula is C32H45N3O6S2. The summed E-state index contributed by atoms with van der Waals surface area (Å²) in [4.78, 5) is 31.8. The van der Waals surface area contributed by atoms with Gasteiger partial charge in [0.25, 0.3) is 0 Å². The number of aromatic nitrogens is 1. The Balaban J connectivity index is 1.55. The SMILES string of the molecule is C=CS(=O)(=O)[C@H]1[C@H](C(=O)N[C@@H](Cc2cscn2)C(=O)N[C@@H](CC2CCCCC2)[C@@H](O)[C@@H](O)CC(C)C)[C@H]1c1ccccc1. The summed E-state index contributed by atoms with van der Waals surface area (Å²) < 4.78 is 25.7. The Morgan fingerprint density at radius 2 is 1.81 bits per heavy atom. The Morgan fingerprint density at radius 1 is 1.12 bits per heavy atom. The number of hydrogen-bond donors (Lipinski definition) is 4. The van der Waals surface area contributed by atoms with Crippen LogP contribution in [0.25, 0.3) is 0 Å². The predicted octanol–water partition coefficient (Wildman–Crippen LogP) is 3.73. The van der Waals surface area contributed by atoms with Gasteiger partial charge < -0.3 is 20.8 Å². The van der Waals surface area contributed by atoms with Crippen molar-refractivity contribution in [1.29, 1.82) is 0 Å². The maximum Gasteiger partial charge on any atom is 0.243 e. The number of carbonyl (C=O) groups excluding carboxylic acids is 2. The molecule has 1 aromatic heterocycles. The van der Waals surface area contributed by atoms with Crippen molar-refractivity contribution in [3.8, 4) is 0 Å². The number of amides is 2. The second kappa shape index (κ2) is 14.9. The van der Waals surface area contributed by atoms with E-state index in [9.17, 15) is 28.2 Å². The molecular weight excluding hydrogens is 587 g/mol. The number of aliphatic hydroxyl groups is 2. The van der Waals surface area contributed by atoms with Crippen LogP contribution in [0.3, 0.4) is 0 Å². The molecule has 0 unspecified atom stereocenters. The van der Waals surface area contributed by atoms with Gasteiger partial charge in [-0.2, -0.15) is 0 Å². The summed E-state index contributed by atoms with van der Waals surface area (Å²) in [5.41, 5.74) is 2.98. The summed E-state index contributed by atoms with van der Waals surface area (Å²) in [5.74, 6) is -2.01. The third-order valence-corrected chi connectivity index (χ3v) is 11.2. The molecule has 4 N–H and O–H groups in total. The molecule has 2 aliphatic carbocycles. The normalized spacial score (nSPS) is 23.6. The highest BCUT2D eigenvalue weighted by Gasteiger charge is 2.61. The zero-order valence-corrected chi connectivity index (χ0v) is 26.6. The van der Waals surface area contributed by atoms with E-state index < -0.39 is 63.0 Å². The molecule has 2 saturated carbocycles. The van der Waals surface area contributed by atoms with E-state index in [4.69, 9.17) is 0 Å². The van der Waals surface area contributed by atoms with E-state index in [-0.39, 0.29) is 12.3 Å². The molecule has 0 saturated heterocycles. The Morgan fingerprint density at radius 3 is 2.42 bits per heavy atom. The molecule has 2 aliphatic rings. The number of benzene rings is 1. The van der Waals surface area contributed by atoms with Crippen molar-refractivity contribution in [3.05, 3.63) is 64.5 Å². The number of hydrogen-bond acceptors (Lipinski definition) is 8. The van der Waals surface area contributed by atoms with E-state index in [0.717, 1.165) is 36.7 Å². The minimum atomic E-state index is -3.76. The van der Waals surface area contributed by atoms with Gasteiger partial charge in [-0.25, -0.2) is 13.4 Å². The van der Waals surface area contributed by atoms with E-state index in [1.807, 2.05) is 19.9 Å². The van der Waals surface area contributed by atoms with Crippen LogP contribution in [0.4, 0.5) is 0 Å². The van der Waals surface area contributed by atoms with Crippen molar-refractivity contribution < 1.29 is 28.2 Å². The van der Waals surface area contributed by atoms with E-state index in [2.05, 4.69) is 22.2 Å². The van der Waals surface area contributed by atoms with Gasteiger partial charge in [0.15, 0.2) is 9.84 Å². The average Bonchev–Trinajstić information content (AvgIpc) is 3.56. The first-order valence-electron chi connectivity index (χ1n) is 15.3. The van der Waals surface area contributed by atoms with Gasteiger partial charge in [0, 0.05) is 23.1 Å². The molecule has 7 atom stereocenters.